The summed E-state index contributed by atoms with van der Waals surface area (Å²) in [5.74, 6) is 0.948. The van der Waals surface area contributed by atoms with Crippen LogP contribution in [-0.2, 0) is 12.0 Å². The zero-order chi connectivity index (χ0) is 20.0. The van der Waals surface area contributed by atoms with E-state index >= 15 is 0 Å². The summed E-state index contributed by atoms with van der Waals surface area (Å²) in [7, 11) is 1.71. The van der Waals surface area contributed by atoms with Gasteiger partial charge in [0.15, 0.2) is 0 Å². The van der Waals surface area contributed by atoms with Gasteiger partial charge in [-0.3, -0.25) is 0 Å². The first kappa shape index (κ1) is 23.7. The van der Waals surface area contributed by atoms with Gasteiger partial charge < -0.3 is 14.7 Å². The Kier molecular flexibility index (Phi) is 9.01. The molecule has 0 spiro atoms. The molecule has 1 aliphatic rings. The molecule has 0 saturated heterocycles. The number of benzene rings is 2. The minimum absolute atomic E-state index is 0. The van der Waals surface area contributed by atoms with Crippen LogP contribution in [0.1, 0.15) is 62.1 Å². The van der Waals surface area contributed by atoms with Crippen molar-refractivity contribution in [3.05, 3.63) is 65.2 Å². The van der Waals surface area contributed by atoms with Crippen molar-refractivity contribution in [3.8, 4) is 5.75 Å². The summed E-state index contributed by atoms with van der Waals surface area (Å²) >= 11 is 0. The lowest BCUT2D eigenvalue weighted by atomic mass is 9.73. The number of nitrogens with zero attached hydrogens (tertiary/aromatic N) is 1. The molecule has 0 heterocycles. The summed E-state index contributed by atoms with van der Waals surface area (Å²) in [5, 5.41) is 12.2. The van der Waals surface area contributed by atoms with E-state index in [0.29, 0.717) is 0 Å². The fourth-order valence-electron chi connectivity index (χ4n) is 4.81. The number of fused-ring (bicyclic) bond motifs is 1. The lowest BCUT2D eigenvalue weighted by Crippen LogP contribution is -2.35. The van der Waals surface area contributed by atoms with E-state index in [1.165, 1.54) is 11.1 Å². The van der Waals surface area contributed by atoms with Gasteiger partial charge in [0.2, 0.25) is 0 Å². The Balaban J connectivity index is 0.00000300. The van der Waals surface area contributed by atoms with Crippen molar-refractivity contribution in [3.63, 3.8) is 0 Å². The molecule has 3 rings (SSSR count). The number of aryl methyl sites for hydroxylation is 1. The van der Waals surface area contributed by atoms with Crippen LogP contribution in [0.4, 0.5) is 0 Å². The van der Waals surface area contributed by atoms with Crippen molar-refractivity contribution in [2.45, 2.75) is 57.5 Å². The minimum Gasteiger partial charge on any atom is -0.497 e. The summed E-state index contributed by atoms with van der Waals surface area (Å²) in [4.78, 5) is 2.44. The minimum atomic E-state index is -0.841. The molecule has 2 aromatic carbocycles. The smallest absolute Gasteiger partial charge is 0.119 e. The van der Waals surface area contributed by atoms with Gasteiger partial charge in [0, 0.05) is 5.92 Å². The maximum atomic E-state index is 12.2. The number of methoxy groups -OCH3 is 1. The molecular weight excluding hydrogens is 382 g/mol. The van der Waals surface area contributed by atoms with Gasteiger partial charge in [-0.15, -0.1) is 12.4 Å². The molecule has 0 amide bonds. The van der Waals surface area contributed by atoms with Crippen LogP contribution in [-0.4, -0.2) is 36.8 Å². The lowest BCUT2D eigenvalue weighted by Gasteiger charge is -2.37. The van der Waals surface area contributed by atoms with Crippen LogP contribution in [0.5, 0.6) is 5.75 Å². The third-order valence-corrected chi connectivity index (χ3v) is 6.42. The quantitative estimate of drug-likeness (QED) is 0.572. The Bertz CT molecular complexity index is 762. The molecular formula is C25H36ClNO2. The van der Waals surface area contributed by atoms with Gasteiger partial charge >= 0.3 is 0 Å². The Morgan fingerprint density at radius 1 is 1.10 bits per heavy atom. The van der Waals surface area contributed by atoms with Crippen LogP contribution >= 0.6 is 12.4 Å². The Labute approximate surface area is 182 Å². The number of hydrogen-bond acceptors (Lipinski definition) is 3. The molecule has 1 N–H and O–H groups in total. The van der Waals surface area contributed by atoms with Crippen LogP contribution in [0.2, 0.25) is 0 Å². The number of halogens is 1. The molecule has 4 heteroatoms. The fraction of sp³-hybridized carbons (Fsp3) is 0.520. The standard InChI is InChI=1S/C25H35NO2.ClH/c1-4-26(5-2)18-10-17-25(27)23-15-7-6-11-20(23)12-9-16-24(25)21-13-8-14-22(19-21)28-3;/h6-8,11,13-15,19,24,27H,4-5,9-10,12,16-18H2,1-3H3;1H. The third-order valence-electron chi connectivity index (χ3n) is 6.42. The highest BCUT2D eigenvalue weighted by Crippen LogP contribution is 2.47. The topological polar surface area (TPSA) is 32.7 Å². The lowest BCUT2D eigenvalue weighted by molar-refractivity contribution is -0.00674. The zero-order valence-corrected chi connectivity index (χ0v) is 18.9. The summed E-state index contributed by atoms with van der Waals surface area (Å²) < 4.78 is 5.47. The normalized spacial score (nSPS) is 21.2. The highest BCUT2D eigenvalue weighted by Gasteiger charge is 2.41. The second-order valence-electron chi connectivity index (χ2n) is 7.93. The molecule has 0 aliphatic heterocycles. The monoisotopic (exact) mass is 417 g/mol. The Morgan fingerprint density at radius 2 is 1.86 bits per heavy atom. The van der Waals surface area contributed by atoms with Crippen molar-refractivity contribution < 1.29 is 9.84 Å². The van der Waals surface area contributed by atoms with Gasteiger partial charge in [0.1, 0.15) is 5.75 Å². The van der Waals surface area contributed by atoms with E-state index in [2.05, 4.69) is 55.1 Å². The molecule has 0 saturated carbocycles. The zero-order valence-electron chi connectivity index (χ0n) is 18.1. The van der Waals surface area contributed by atoms with Gasteiger partial charge in [-0.05, 0) is 80.6 Å². The molecule has 0 aromatic heterocycles. The van der Waals surface area contributed by atoms with E-state index in [1.807, 2.05) is 12.1 Å². The molecule has 2 atom stereocenters. The summed E-state index contributed by atoms with van der Waals surface area (Å²) in [6.45, 7) is 7.56. The van der Waals surface area contributed by atoms with Gasteiger partial charge in [-0.2, -0.15) is 0 Å². The van der Waals surface area contributed by atoms with E-state index < -0.39 is 5.60 Å². The average molecular weight is 418 g/mol. The second-order valence-corrected chi connectivity index (χ2v) is 7.93. The van der Waals surface area contributed by atoms with Crippen LogP contribution in [0, 0.1) is 0 Å². The van der Waals surface area contributed by atoms with Crippen molar-refractivity contribution in [2.24, 2.45) is 0 Å². The molecule has 29 heavy (non-hydrogen) atoms. The molecule has 2 unspecified atom stereocenters. The van der Waals surface area contributed by atoms with Gasteiger partial charge in [0.25, 0.3) is 0 Å². The number of ether oxygens (including phenoxy) is 1. The second kappa shape index (κ2) is 11.0. The molecule has 1 aliphatic carbocycles. The Hall–Kier alpha value is -1.55. The molecule has 0 fully saturated rings. The highest BCUT2D eigenvalue weighted by molar-refractivity contribution is 5.85. The number of hydrogen-bond donors (Lipinski definition) is 1. The van der Waals surface area contributed by atoms with Gasteiger partial charge in [-0.25, -0.2) is 0 Å². The molecule has 0 radical (unpaired) electrons. The van der Waals surface area contributed by atoms with Gasteiger partial charge in [0.05, 0.1) is 12.7 Å². The Morgan fingerprint density at radius 3 is 2.59 bits per heavy atom. The molecule has 160 valence electrons. The molecule has 0 bridgehead atoms. The maximum absolute atomic E-state index is 12.2. The van der Waals surface area contributed by atoms with E-state index in [4.69, 9.17) is 4.74 Å². The van der Waals surface area contributed by atoms with Crippen LogP contribution in [0.3, 0.4) is 0 Å². The van der Waals surface area contributed by atoms with Crippen LogP contribution < -0.4 is 4.74 Å². The van der Waals surface area contributed by atoms with E-state index in [-0.39, 0.29) is 18.3 Å². The molecule has 3 nitrogen and oxygen atoms in total. The maximum Gasteiger partial charge on any atom is 0.119 e. The predicted molar refractivity (Wildman–Crippen MR) is 123 cm³/mol. The fourth-order valence-corrected chi connectivity index (χ4v) is 4.81. The number of aliphatic hydroxyl groups is 1. The summed E-state index contributed by atoms with van der Waals surface area (Å²) in [5.41, 5.74) is 2.77. The first-order chi connectivity index (χ1) is 13.6. The molecule has 2 aromatic rings. The highest BCUT2D eigenvalue weighted by atomic mass is 35.5. The first-order valence-electron chi connectivity index (χ1n) is 10.8. The van der Waals surface area contributed by atoms with Crippen molar-refractivity contribution in [2.75, 3.05) is 26.7 Å². The van der Waals surface area contributed by atoms with Crippen molar-refractivity contribution in [1.82, 2.24) is 4.90 Å². The van der Waals surface area contributed by atoms with Crippen molar-refractivity contribution in [1.29, 1.82) is 0 Å². The van der Waals surface area contributed by atoms with Crippen molar-refractivity contribution >= 4 is 12.4 Å². The van der Waals surface area contributed by atoms with E-state index in [0.717, 1.165) is 63.1 Å². The SMILES string of the molecule is CCN(CC)CCCC1(O)c2ccccc2CCCC1c1cccc(OC)c1.Cl. The van der Waals surface area contributed by atoms with Crippen LogP contribution in [0.25, 0.3) is 0 Å². The van der Waals surface area contributed by atoms with E-state index in [9.17, 15) is 5.11 Å². The van der Waals surface area contributed by atoms with E-state index in [1.54, 1.807) is 7.11 Å². The first-order valence-corrected chi connectivity index (χ1v) is 10.8. The summed E-state index contributed by atoms with van der Waals surface area (Å²) in [6, 6.07) is 16.8. The predicted octanol–water partition coefficient (Wildman–Crippen LogP) is 5.55. The van der Waals surface area contributed by atoms with Gasteiger partial charge in [-0.1, -0.05) is 50.2 Å². The van der Waals surface area contributed by atoms with Crippen LogP contribution in [0.15, 0.2) is 48.5 Å². The number of rotatable bonds is 8. The average Bonchev–Trinajstić information content (AvgIpc) is 2.88. The third kappa shape index (κ3) is 5.33. The largest absolute Gasteiger partial charge is 0.497 e. The summed E-state index contributed by atoms with van der Waals surface area (Å²) in [6.07, 6.45) is 4.89.